The predicted molar refractivity (Wildman–Crippen MR) is 195 cm³/mol. The largest absolute Gasteiger partial charge is 0.463 e. The molecule has 1 fully saturated rings. The number of hydrogen-bond acceptors (Lipinski definition) is 9. The van der Waals surface area contributed by atoms with Gasteiger partial charge in [-0.25, -0.2) is 0 Å². The number of hydrogen-bond donors (Lipinski definition) is 4. The maximum atomic E-state index is 12.1. The van der Waals surface area contributed by atoms with Gasteiger partial charge in [-0.2, -0.15) is 0 Å². The Morgan fingerprint density at radius 1 is 0.755 bits per heavy atom. The minimum absolute atomic E-state index is 0.137. The van der Waals surface area contributed by atoms with E-state index in [0.29, 0.717) is 32.1 Å². The van der Waals surface area contributed by atoms with Crippen LogP contribution in [-0.4, -0.2) is 76.3 Å². The molecular weight excluding hydrogens is 624 g/mol. The number of unbranched alkanes of at least 4 members (excludes halogenated alkanes) is 13. The van der Waals surface area contributed by atoms with E-state index >= 15 is 0 Å². The molecule has 0 aromatic heterocycles. The first-order valence-corrected chi connectivity index (χ1v) is 19.6. The van der Waals surface area contributed by atoms with Gasteiger partial charge in [-0.05, 0) is 38.0 Å². The Bertz CT molecular complexity index is 874. The Morgan fingerprint density at radius 2 is 1.31 bits per heavy atom. The number of ether oxygens (including phenoxy) is 3. The van der Waals surface area contributed by atoms with Crippen molar-refractivity contribution in [3.63, 3.8) is 0 Å². The Hall–Kier alpha value is -1.78. The van der Waals surface area contributed by atoms with Gasteiger partial charge in [0, 0.05) is 25.2 Å². The molecule has 0 saturated carbocycles. The maximum absolute atomic E-state index is 12.1. The number of esters is 2. The standard InChI is InChI=1S/C40H72O9/c1-4-5-17-23-33(41)27-28-37-35(36(43)29-40(46)49-37)24-19-15-16-21-26-39(45)48-31-34(42)30-47-38(44)25-20-14-12-10-8-6-7-9-11-13-18-22-32(2)3/h15,19,27-28,32-37,40-43,46H,4-14,16-18,20-26,29-31H2,1-3H3/b19-15-,28-27+/t33-,34+,35-,36-,37+,40?/m0/s1. The first kappa shape index (κ1) is 45.2. The minimum Gasteiger partial charge on any atom is -0.463 e. The molecule has 49 heavy (non-hydrogen) atoms. The van der Waals surface area contributed by atoms with Crippen LogP contribution in [-0.2, 0) is 23.8 Å². The van der Waals surface area contributed by atoms with Crippen LogP contribution < -0.4 is 0 Å². The highest BCUT2D eigenvalue weighted by atomic mass is 16.6. The summed E-state index contributed by atoms with van der Waals surface area (Å²) in [6, 6.07) is 0. The molecule has 1 aliphatic heterocycles. The van der Waals surface area contributed by atoms with Gasteiger partial charge in [-0.15, -0.1) is 0 Å². The molecule has 1 aliphatic rings. The topological polar surface area (TPSA) is 143 Å². The predicted octanol–water partition coefficient (Wildman–Crippen LogP) is 7.86. The van der Waals surface area contributed by atoms with Crippen molar-refractivity contribution in [1.29, 1.82) is 0 Å². The van der Waals surface area contributed by atoms with E-state index in [9.17, 15) is 30.0 Å². The van der Waals surface area contributed by atoms with Crippen LogP contribution in [0.15, 0.2) is 24.3 Å². The van der Waals surface area contributed by atoms with Crippen molar-refractivity contribution in [2.45, 2.75) is 193 Å². The quantitative estimate of drug-likeness (QED) is 0.0335. The third kappa shape index (κ3) is 25.8. The lowest BCUT2D eigenvalue weighted by Gasteiger charge is -2.36. The van der Waals surface area contributed by atoms with E-state index in [1.54, 1.807) is 12.2 Å². The molecule has 6 atom stereocenters. The van der Waals surface area contributed by atoms with Gasteiger partial charge in [-0.1, -0.05) is 135 Å². The van der Waals surface area contributed by atoms with Crippen LogP contribution in [0.25, 0.3) is 0 Å². The van der Waals surface area contributed by atoms with Crippen molar-refractivity contribution in [3.8, 4) is 0 Å². The molecule has 286 valence electrons. The van der Waals surface area contributed by atoms with Crippen LogP contribution in [0.4, 0.5) is 0 Å². The maximum Gasteiger partial charge on any atom is 0.305 e. The van der Waals surface area contributed by atoms with Gasteiger partial charge in [0.05, 0.1) is 18.3 Å². The van der Waals surface area contributed by atoms with E-state index < -0.39 is 36.7 Å². The molecule has 0 bridgehead atoms. The summed E-state index contributed by atoms with van der Waals surface area (Å²) in [7, 11) is 0. The first-order chi connectivity index (χ1) is 23.6. The Balaban J connectivity index is 2.09. The van der Waals surface area contributed by atoms with Crippen molar-refractivity contribution in [3.05, 3.63) is 24.3 Å². The molecule has 9 heteroatoms. The highest BCUT2D eigenvalue weighted by Crippen LogP contribution is 2.29. The zero-order chi connectivity index (χ0) is 36.1. The molecule has 1 saturated heterocycles. The Kier molecular flexibility index (Phi) is 27.6. The fourth-order valence-electron chi connectivity index (χ4n) is 6.07. The van der Waals surface area contributed by atoms with Gasteiger partial charge >= 0.3 is 11.9 Å². The van der Waals surface area contributed by atoms with E-state index in [4.69, 9.17) is 14.2 Å². The molecule has 0 aliphatic carbocycles. The second-order valence-corrected chi connectivity index (χ2v) is 14.4. The van der Waals surface area contributed by atoms with Gasteiger partial charge < -0.3 is 34.6 Å². The molecular formula is C40H72O9. The van der Waals surface area contributed by atoms with Crippen molar-refractivity contribution in [2.75, 3.05) is 13.2 Å². The fraction of sp³-hybridized carbons (Fsp3) is 0.850. The fourth-order valence-corrected chi connectivity index (χ4v) is 6.07. The summed E-state index contributed by atoms with van der Waals surface area (Å²) in [4.78, 5) is 24.1. The van der Waals surface area contributed by atoms with Gasteiger partial charge in [0.1, 0.15) is 19.3 Å². The minimum atomic E-state index is -1.05. The zero-order valence-corrected chi connectivity index (χ0v) is 31.2. The molecule has 0 radical (unpaired) electrons. The highest BCUT2D eigenvalue weighted by molar-refractivity contribution is 5.69. The van der Waals surface area contributed by atoms with Gasteiger partial charge in [0.25, 0.3) is 0 Å². The molecule has 1 heterocycles. The molecule has 0 aromatic rings. The smallest absolute Gasteiger partial charge is 0.305 e. The van der Waals surface area contributed by atoms with Crippen molar-refractivity contribution in [1.82, 2.24) is 0 Å². The van der Waals surface area contributed by atoms with Gasteiger partial charge in [0.2, 0.25) is 0 Å². The van der Waals surface area contributed by atoms with Crippen LogP contribution in [0, 0.1) is 11.8 Å². The van der Waals surface area contributed by atoms with Crippen LogP contribution in [0.2, 0.25) is 0 Å². The van der Waals surface area contributed by atoms with Crippen LogP contribution in [0.5, 0.6) is 0 Å². The van der Waals surface area contributed by atoms with Crippen molar-refractivity contribution in [2.24, 2.45) is 11.8 Å². The average Bonchev–Trinajstić information content (AvgIpc) is 3.06. The first-order valence-electron chi connectivity index (χ1n) is 19.6. The van der Waals surface area contributed by atoms with Crippen LogP contribution in [0.3, 0.4) is 0 Å². The summed E-state index contributed by atoms with van der Waals surface area (Å²) in [6.07, 6.45) is 24.3. The van der Waals surface area contributed by atoms with Gasteiger partial charge in [0.15, 0.2) is 6.29 Å². The summed E-state index contributed by atoms with van der Waals surface area (Å²) >= 11 is 0. The number of allylic oxidation sites excluding steroid dienone is 2. The van der Waals surface area contributed by atoms with E-state index in [2.05, 4.69) is 20.8 Å². The number of carbonyl (C=O) groups excluding carboxylic acids is 2. The molecule has 1 unspecified atom stereocenters. The summed E-state index contributed by atoms with van der Waals surface area (Å²) in [5.74, 6) is -0.190. The number of rotatable bonds is 30. The summed E-state index contributed by atoms with van der Waals surface area (Å²) in [5.41, 5.74) is 0. The van der Waals surface area contributed by atoms with Crippen LogP contribution in [0.1, 0.15) is 162 Å². The monoisotopic (exact) mass is 697 g/mol. The van der Waals surface area contributed by atoms with E-state index in [0.717, 1.165) is 44.4 Å². The van der Waals surface area contributed by atoms with Gasteiger partial charge in [-0.3, -0.25) is 9.59 Å². The average molecular weight is 697 g/mol. The van der Waals surface area contributed by atoms with Crippen molar-refractivity contribution < 1.29 is 44.2 Å². The highest BCUT2D eigenvalue weighted by Gasteiger charge is 2.35. The molecule has 1 rings (SSSR count). The lowest BCUT2D eigenvalue weighted by Crippen LogP contribution is -2.43. The summed E-state index contributed by atoms with van der Waals surface area (Å²) in [6.45, 7) is 6.29. The second-order valence-electron chi connectivity index (χ2n) is 14.4. The molecule has 0 aromatic carbocycles. The zero-order valence-electron chi connectivity index (χ0n) is 31.2. The SMILES string of the molecule is CCCCC[C@H](O)/C=C/[C@H]1OC(O)C[C@H](O)[C@@H]1C/C=C\CCCC(=O)OC[C@H](O)COC(=O)CCCCCCCCCCCCCC(C)C. The van der Waals surface area contributed by atoms with Crippen molar-refractivity contribution >= 4 is 11.9 Å². The number of aliphatic hydroxyl groups is 4. The summed E-state index contributed by atoms with van der Waals surface area (Å²) in [5, 5.41) is 40.7. The summed E-state index contributed by atoms with van der Waals surface area (Å²) < 4.78 is 15.9. The second kappa shape index (κ2) is 29.9. The lowest BCUT2D eigenvalue weighted by atomic mass is 9.87. The third-order valence-corrected chi connectivity index (χ3v) is 9.16. The van der Waals surface area contributed by atoms with Crippen LogP contribution >= 0.6 is 0 Å². The van der Waals surface area contributed by atoms with E-state index in [1.165, 1.54) is 57.8 Å². The van der Waals surface area contributed by atoms with E-state index in [-0.39, 0.29) is 37.9 Å². The van der Waals surface area contributed by atoms with E-state index in [1.807, 2.05) is 12.2 Å². The molecule has 0 spiro atoms. The molecule has 0 amide bonds. The molecule has 4 N–H and O–H groups in total. The Labute approximate surface area is 297 Å². The molecule has 9 nitrogen and oxygen atoms in total. The number of carbonyl (C=O) groups is 2. The lowest BCUT2D eigenvalue weighted by molar-refractivity contribution is -0.199. The Morgan fingerprint density at radius 3 is 1.90 bits per heavy atom. The normalized spacial score (nSPS) is 21.1. The third-order valence-electron chi connectivity index (χ3n) is 9.16. The number of aliphatic hydroxyl groups excluding tert-OH is 4.